The fourth-order valence-electron chi connectivity index (χ4n) is 0.627. The smallest absolute Gasteiger partial charge is 0.216 e. The van der Waals surface area contributed by atoms with Crippen LogP contribution in [0.2, 0.25) is 0 Å². The molecule has 11 heavy (non-hydrogen) atoms. The van der Waals surface area contributed by atoms with Gasteiger partial charge in [0.25, 0.3) is 0 Å². The van der Waals surface area contributed by atoms with Gasteiger partial charge in [0.1, 0.15) is 0 Å². The number of hydrogen-bond acceptors (Lipinski definition) is 0. The third kappa shape index (κ3) is 3.28. The maximum atomic E-state index is 5.59. The van der Waals surface area contributed by atoms with E-state index in [1.165, 1.54) is 0 Å². The van der Waals surface area contributed by atoms with Crippen LogP contribution in [0.25, 0.3) is 0 Å². The molecule has 0 saturated carbocycles. The van der Waals surface area contributed by atoms with Gasteiger partial charge in [-0.3, -0.25) is 4.70 Å². The monoisotopic (exact) mass is 214 g/mol. The first kappa shape index (κ1) is 11.0. The van der Waals surface area contributed by atoms with E-state index in [2.05, 4.69) is 0 Å². The van der Waals surface area contributed by atoms with Gasteiger partial charge in [0, 0.05) is 5.56 Å². The largest absolute Gasteiger partial charge is 0.269 e. The van der Waals surface area contributed by atoms with E-state index in [0.29, 0.717) is 5.56 Å². The average Bonchev–Trinajstić information content (AvgIpc) is 1.88. The van der Waals surface area contributed by atoms with Crippen molar-refractivity contribution in [3.8, 4) is 0 Å². The second-order valence-electron chi connectivity index (χ2n) is 1.86. The molecule has 0 aromatic heterocycles. The highest BCUT2D eigenvalue weighted by molar-refractivity contribution is 6.66. The van der Waals surface area contributed by atoms with E-state index in [4.69, 9.17) is 34.8 Å². The van der Waals surface area contributed by atoms with E-state index in [0.717, 1.165) is 0 Å². The molecule has 0 fully saturated rings. The number of benzene rings is 1. The predicted molar refractivity (Wildman–Crippen MR) is 48.2 cm³/mol. The third-order valence-electron chi connectivity index (χ3n) is 1.10. The van der Waals surface area contributed by atoms with Crippen LogP contribution in [0.3, 0.4) is 0 Å². The standard InChI is InChI=1S/C7H5Cl3.FH/c8-7(9,10)6-4-2-1-3-5-6;/h1-5H;1H. The van der Waals surface area contributed by atoms with Gasteiger partial charge >= 0.3 is 0 Å². The molecule has 0 amide bonds. The summed E-state index contributed by atoms with van der Waals surface area (Å²) in [4.78, 5) is 0. The van der Waals surface area contributed by atoms with Gasteiger partial charge in [0.15, 0.2) is 0 Å². The fraction of sp³-hybridized carbons (Fsp3) is 0.143. The molecule has 0 atom stereocenters. The van der Waals surface area contributed by atoms with Crippen molar-refractivity contribution >= 4 is 34.8 Å². The molecule has 0 bridgehead atoms. The van der Waals surface area contributed by atoms with E-state index >= 15 is 0 Å². The second kappa shape index (κ2) is 4.15. The Hall–Kier alpha value is 0.0200. The van der Waals surface area contributed by atoms with Crippen molar-refractivity contribution in [2.45, 2.75) is 3.79 Å². The molecule has 62 valence electrons. The lowest BCUT2D eigenvalue weighted by molar-refractivity contribution is 1.11. The van der Waals surface area contributed by atoms with Crippen LogP contribution >= 0.6 is 34.8 Å². The minimum absolute atomic E-state index is 0. The summed E-state index contributed by atoms with van der Waals surface area (Å²) in [6, 6.07) is 9.08. The van der Waals surface area contributed by atoms with Crippen LogP contribution < -0.4 is 0 Å². The Morgan fingerprint density at radius 2 is 1.36 bits per heavy atom. The molecule has 0 heterocycles. The lowest BCUT2D eigenvalue weighted by Gasteiger charge is -2.09. The quantitative estimate of drug-likeness (QED) is 0.579. The van der Waals surface area contributed by atoms with Crippen molar-refractivity contribution in [3.63, 3.8) is 0 Å². The van der Waals surface area contributed by atoms with Crippen molar-refractivity contribution in [2.75, 3.05) is 0 Å². The van der Waals surface area contributed by atoms with Gasteiger partial charge < -0.3 is 0 Å². The minimum atomic E-state index is -1.29. The molecule has 1 aromatic rings. The van der Waals surface area contributed by atoms with Crippen LogP contribution in [-0.4, -0.2) is 0 Å². The van der Waals surface area contributed by atoms with Crippen LogP contribution in [0.1, 0.15) is 5.56 Å². The molecule has 0 spiro atoms. The first-order chi connectivity index (χ1) is 4.61. The Labute approximate surface area is 79.4 Å². The maximum absolute atomic E-state index is 5.59. The Balaban J connectivity index is 0.000001000. The Morgan fingerprint density at radius 3 is 1.64 bits per heavy atom. The number of rotatable bonds is 0. The average molecular weight is 215 g/mol. The zero-order valence-corrected chi connectivity index (χ0v) is 7.70. The first-order valence-electron chi connectivity index (χ1n) is 2.73. The molecular weight excluding hydrogens is 209 g/mol. The van der Waals surface area contributed by atoms with Crippen LogP contribution in [0.5, 0.6) is 0 Å². The van der Waals surface area contributed by atoms with Gasteiger partial charge in [-0.05, 0) is 0 Å². The van der Waals surface area contributed by atoms with E-state index in [-0.39, 0.29) is 4.70 Å². The van der Waals surface area contributed by atoms with Gasteiger partial charge in [0.05, 0.1) is 0 Å². The topological polar surface area (TPSA) is 0 Å². The summed E-state index contributed by atoms with van der Waals surface area (Å²) in [6.07, 6.45) is 0. The summed E-state index contributed by atoms with van der Waals surface area (Å²) < 4.78 is -1.29. The summed E-state index contributed by atoms with van der Waals surface area (Å²) >= 11 is 16.8. The van der Waals surface area contributed by atoms with Crippen molar-refractivity contribution in [3.05, 3.63) is 35.9 Å². The Morgan fingerprint density at radius 1 is 0.909 bits per heavy atom. The summed E-state index contributed by atoms with van der Waals surface area (Å²) in [5.74, 6) is 0. The molecule has 0 nitrogen and oxygen atoms in total. The van der Waals surface area contributed by atoms with Crippen LogP contribution in [-0.2, 0) is 3.79 Å². The van der Waals surface area contributed by atoms with Crippen molar-refractivity contribution in [1.82, 2.24) is 0 Å². The van der Waals surface area contributed by atoms with E-state index in [9.17, 15) is 0 Å². The highest BCUT2D eigenvalue weighted by Gasteiger charge is 2.21. The van der Waals surface area contributed by atoms with Crippen LogP contribution in [0, 0.1) is 0 Å². The van der Waals surface area contributed by atoms with E-state index < -0.39 is 3.79 Å². The van der Waals surface area contributed by atoms with Crippen LogP contribution in [0.4, 0.5) is 4.70 Å². The lowest BCUT2D eigenvalue weighted by Crippen LogP contribution is -1.98. The highest BCUT2D eigenvalue weighted by Crippen LogP contribution is 2.37. The second-order valence-corrected chi connectivity index (χ2v) is 4.15. The van der Waals surface area contributed by atoms with Crippen LogP contribution in [0.15, 0.2) is 30.3 Å². The SMILES string of the molecule is ClC(Cl)(Cl)c1ccccc1.F. The summed E-state index contributed by atoms with van der Waals surface area (Å²) in [6.45, 7) is 0. The maximum Gasteiger partial charge on any atom is 0.216 e. The first-order valence-corrected chi connectivity index (χ1v) is 3.86. The molecule has 0 N–H and O–H groups in total. The lowest BCUT2D eigenvalue weighted by atomic mass is 10.2. The fourth-order valence-corrected chi connectivity index (χ4v) is 1.01. The van der Waals surface area contributed by atoms with Gasteiger partial charge in [-0.2, -0.15) is 0 Å². The summed E-state index contributed by atoms with van der Waals surface area (Å²) in [7, 11) is 0. The normalized spacial score (nSPS) is 10.5. The third-order valence-corrected chi connectivity index (χ3v) is 1.76. The molecule has 1 aromatic carbocycles. The van der Waals surface area contributed by atoms with E-state index in [1.54, 1.807) is 12.1 Å². The van der Waals surface area contributed by atoms with Crippen molar-refractivity contribution in [2.24, 2.45) is 0 Å². The molecule has 0 aliphatic carbocycles. The zero-order valence-electron chi connectivity index (χ0n) is 5.43. The molecule has 0 aliphatic rings. The van der Waals surface area contributed by atoms with E-state index in [1.807, 2.05) is 18.2 Å². The predicted octanol–water partition coefficient (Wildman–Crippen LogP) is 3.67. The van der Waals surface area contributed by atoms with Gasteiger partial charge in [0.2, 0.25) is 3.79 Å². The Kier molecular flexibility index (Phi) is 4.16. The number of hydrogen-bond donors (Lipinski definition) is 0. The number of alkyl halides is 3. The van der Waals surface area contributed by atoms with Gasteiger partial charge in [-0.1, -0.05) is 65.1 Å². The molecule has 0 aliphatic heterocycles. The molecule has 0 saturated heterocycles. The minimum Gasteiger partial charge on any atom is -0.269 e. The van der Waals surface area contributed by atoms with Gasteiger partial charge in [-0.15, -0.1) is 0 Å². The number of halogens is 4. The highest BCUT2D eigenvalue weighted by atomic mass is 35.6. The molecule has 4 heteroatoms. The van der Waals surface area contributed by atoms with Crippen molar-refractivity contribution in [1.29, 1.82) is 0 Å². The molecule has 0 radical (unpaired) electrons. The van der Waals surface area contributed by atoms with Gasteiger partial charge in [-0.25, -0.2) is 0 Å². The Bertz CT molecular complexity index is 205. The molecule has 0 unspecified atom stereocenters. The molecule has 1 rings (SSSR count). The summed E-state index contributed by atoms with van der Waals surface area (Å²) in [5, 5.41) is 0. The summed E-state index contributed by atoms with van der Waals surface area (Å²) in [5.41, 5.74) is 0.694. The van der Waals surface area contributed by atoms with Crippen molar-refractivity contribution < 1.29 is 4.70 Å². The molecular formula is C7H6Cl3F. The zero-order chi connectivity index (χ0) is 7.61.